The molecule has 1 aromatic rings. The normalized spacial score (nSPS) is 13.1. The molecule has 3 N–H and O–H groups in total. The summed E-state index contributed by atoms with van der Waals surface area (Å²) in [6, 6.07) is 7.44. The van der Waals surface area contributed by atoms with E-state index in [1.54, 1.807) is 19.2 Å². The summed E-state index contributed by atoms with van der Waals surface area (Å²) in [5, 5.41) is 15.7. The highest BCUT2D eigenvalue weighted by atomic mass is 16.3. The molecule has 0 fully saturated rings. The molecule has 1 rings (SSSR count). The smallest absolute Gasteiger partial charge is 0.251 e. The topological polar surface area (TPSA) is 61.4 Å². The standard InChI is InChI=1S/C15H24N2O2/c1-15(2,3)13(18)10-17-9-11-5-7-12(8-6-11)14(19)16-4/h5-8,13,17-18H,9-10H2,1-4H3,(H,16,19). The van der Waals surface area contributed by atoms with Crippen molar-refractivity contribution in [3.05, 3.63) is 35.4 Å². The Balaban J connectivity index is 2.45. The molecule has 1 aromatic carbocycles. The summed E-state index contributed by atoms with van der Waals surface area (Å²) in [7, 11) is 1.62. The number of aliphatic hydroxyl groups is 1. The molecule has 0 saturated heterocycles. The minimum absolute atomic E-state index is 0.0809. The lowest BCUT2D eigenvalue weighted by molar-refractivity contribution is 0.0628. The molecular formula is C15H24N2O2. The average Bonchev–Trinajstić information content (AvgIpc) is 2.37. The molecule has 0 saturated carbocycles. The Morgan fingerprint density at radius 3 is 2.32 bits per heavy atom. The van der Waals surface area contributed by atoms with Gasteiger partial charge in [0.25, 0.3) is 5.91 Å². The van der Waals surface area contributed by atoms with Gasteiger partial charge in [0, 0.05) is 25.7 Å². The van der Waals surface area contributed by atoms with Crippen LogP contribution >= 0.6 is 0 Å². The number of amides is 1. The van der Waals surface area contributed by atoms with Crippen LogP contribution < -0.4 is 10.6 Å². The maximum atomic E-state index is 11.4. The van der Waals surface area contributed by atoms with Gasteiger partial charge in [-0.05, 0) is 23.1 Å². The van der Waals surface area contributed by atoms with Gasteiger partial charge in [0.05, 0.1) is 6.10 Å². The fraction of sp³-hybridized carbons (Fsp3) is 0.533. The van der Waals surface area contributed by atoms with Gasteiger partial charge in [-0.1, -0.05) is 32.9 Å². The van der Waals surface area contributed by atoms with E-state index in [-0.39, 0.29) is 17.4 Å². The molecule has 1 unspecified atom stereocenters. The van der Waals surface area contributed by atoms with E-state index in [4.69, 9.17) is 0 Å². The third kappa shape index (κ3) is 5.01. The van der Waals surface area contributed by atoms with Crippen LogP contribution in [0.25, 0.3) is 0 Å². The molecule has 0 aliphatic heterocycles. The van der Waals surface area contributed by atoms with Gasteiger partial charge in [0.1, 0.15) is 0 Å². The van der Waals surface area contributed by atoms with Gasteiger partial charge in [-0.3, -0.25) is 4.79 Å². The highest BCUT2D eigenvalue weighted by Gasteiger charge is 2.21. The minimum atomic E-state index is -0.377. The van der Waals surface area contributed by atoms with E-state index in [9.17, 15) is 9.90 Å². The Morgan fingerprint density at radius 2 is 1.84 bits per heavy atom. The molecule has 0 spiro atoms. The van der Waals surface area contributed by atoms with E-state index in [1.807, 2.05) is 32.9 Å². The molecular weight excluding hydrogens is 240 g/mol. The summed E-state index contributed by atoms with van der Waals surface area (Å²) < 4.78 is 0. The van der Waals surface area contributed by atoms with Crippen LogP contribution in [0.5, 0.6) is 0 Å². The van der Waals surface area contributed by atoms with E-state index in [2.05, 4.69) is 10.6 Å². The van der Waals surface area contributed by atoms with Crippen LogP contribution in [0.3, 0.4) is 0 Å². The molecule has 1 atom stereocenters. The summed E-state index contributed by atoms with van der Waals surface area (Å²) >= 11 is 0. The maximum absolute atomic E-state index is 11.4. The van der Waals surface area contributed by atoms with E-state index >= 15 is 0 Å². The molecule has 19 heavy (non-hydrogen) atoms. The predicted octanol–water partition coefficient (Wildman–Crippen LogP) is 1.54. The molecule has 1 amide bonds. The van der Waals surface area contributed by atoms with Crippen molar-refractivity contribution in [2.45, 2.75) is 33.4 Å². The first-order chi connectivity index (χ1) is 8.84. The second kappa shape index (κ2) is 6.68. The van der Waals surface area contributed by atoms with Gasteiger partial charge in [-0.25, -0.2) is 0 Å². The first-order valence-corrected chi connectivity index (χ1v) is 6.54. The third-order valence-corrected chi connectivity index (χ3v) is 3.11. The molecule has 4 nitrogen and oxygen atoms in total. The molecule has 0 bridgehead atoms. The van der Waals surface area contributed by atoms with Gasteiger partial charge in [0.2, 0.25) is 0 Å². The third-order valence-electron chi connectivity index (χ3n) is 3.11. The molecule has 0 heterocycles. The van der Waals surface area contributed by atoms with Gasteiger partial charge >= 0.3 is 0 Å². The molecule has 0 aliphatic rings. The number of aliphatic hydroxyl groups excluding tert-OH is 1. The zero-order chi connectivity index (χ0) is 14.5. The first kappa shape index (κ1) is 15.7. The Hall–Kier alpha value is -1.39. The maximum Gasteiger partial charge on any atom is 0.251 e. The van der Waals surface area contributed by atoms with Crippen molar-refractivity contribution in [2.24, 2.45) is 5.41 Å². The van der Waals surface area contributed by atoms with Crippen molar-refractivity contribution in [3.63, 3.8) is 0 Å². The number of hydrogen-bond donors (Lipinski definition) is 3. The average molecular weight is 264 g/mol. The van der Waals surface area contributed by atoms with Gasteiger partial charge in [-0.15, -0.1) is 0 Å². The Labute approximate surface area is 115 Å². The lowest BCUT2D eigenvalue weighted by Gasteiger charge is -2.26. The lowest BCUT2D eigenvalue weighted by atomic mass is 9.89. The van der Waals surface area contributed by atoms with Crippen LogP contribution in [0.4, 0.5) is 0 Å². The number of hydrogen-bond acceptors (Lipinski definition) is 3. The molecule has 4 heteroatoms. The molecule has 0 aliphatic carbocycles. The zero-order valence-electron chi connectivity index (χ0n) is 12.2. The second-order valence-electron chi connectivity index (χ2n) is 5.79. The van der Waals surface area contributed by atoms with E-state index in [0.29, 0.717) is 18.7 Å². The van der Waals surface area contributed by atoms with Crippen molar-refractivity contribution in [1.29, 1.82) is 0 Å². The molecule has 0 radical (unpaired) electrons. The van der Waals surface area contributed by atoms with Crippen molar-refractivity contribution >= 4 is 5.91 Å². The van der Waals surface area contributed by atoms with E-state index in [1.165, 1.54) is 0 Å². The fourth-order valence-electron chi connectivity index (χ4n) is 1.58. The predicted molar refractivity (Wildman–Crippen MR) is 77.0 cm³/mol. The van der Waals surface area contributed by atoms with Crippen LogP contribution in [0.15, 0.2) is 24.3 Å². The highest BCUT2D eigenvalue weighted by Crippen LogP contribution is 2.18. The van der Waals surface area contributed by atoms with E-state index < -0.39 is 0 Å². The first-order valence-electron chi connectivity index (χ1n) is 6.54. The van der Waals surface area contributed by atoms with Crippen LogP contribution in [0.1, 0.15) is 36.7 Å². The Bertz CT molecular complexity index is 407. The summed E-state index contributed by atoms with van der Waals surface area (Å²) in [5.41, 5.74) is 1.63. The summed E-state index contributed by atoms with van der Waals surface area (Å²) in [4.78, 5) is 11.4. The van der Waals surface area contributed by atoms with Crippen LogP contribution in [-0.4, -0.2) is 30.7 Å². The molecule has 106 valence electrons. The summed E-state index contributed by atoms with van der Waals surface area (Å²) in [5.74, 6) is -0.0809. The molecule has 0 aromatic heterocycles. The van der Waals surface area contributed by atoms with Gasteiger partial charge < -0.3 is 15.7 Å². The monoisotopic (exact) mass is 264 g/mol. The zero-order valence-corrected chi connectivity index (χ0v) is 12.2. The van der Waals surface area contributed by atoms with Crippen LogP contribution in [-0.2, 0) is 6.54 Å². The number of rotatable bonds is 5. The van der Waals surface area contributed by atoms with Gasteiger partial charge in [0.15, 0.2) is 0 Å². The quantitative estimate of drug-likeness (QED) is 0.756. The number of benzene rings is 1. The minimum Gasteiger partial charge on any atom is -0.391 e. The van der Waals surface area contributed by atoms with Crippen molar-refractivity contribution < 1.29 is 9.90 Å². The van der Waals surface area contributed by atoms with Gasteiger partial charge in [-0.2, -0.15) is 0 Å². The number of carbonyl (C=O) groups excluding carboxylic acids is 1. The number of carbonyl (C=O) groups is 1. The summed E-state index contributed by atoms with van der Waals surface area (Å²) in [6.07, 6.45) is -0.377. The van der Waals surface area contributed by atoms with Crippen molar-refractivity contribution in [2.75, 3.05) is 13.6 Å². The SMILES string of the molecule is CNC(=O)c1ccc(CNCC(O)C(C)(C)C)cc1. The second-order valence-corrected chi connectivity index (χ2v) is 5.79. The van der Waals surface area contributed by atoms with E-state index in [0.717, 1.165) is 5.56 Å². The van der Waals surface area contributed by atoms with Crippen molar-refractivity contribution in [3.8, 4) is 0 Å². The summed E-state index contributed by atoms with van der Waals surface area (Å²) in [6.45, 7) is 7.27. The highest BCUT2D eigenvalue weighted by molar-refractivity contribution is 5.93. The lowest BCUT2D eigenvalue weighted by Crippen LogP contribution is -2.36. The van der Waals surface area contributed by atoms with Crippen LogP contribution in [0.2, 0.25) is 0 Å². The Morgan fingerprint density at radius 1 is 1.26 bits per heavy atom. The van der Waals surface area contributed by atoms with Crippen molar-refractivity contribution in [1.82, 2.24) is 10.6 Å². The van der Waals surface area contributed by atoms with Crippen LogP contribution in [0, 0.1) is 5.41 Å². The largest absolute Gasteiger partial charge is 0.391 e. The fourth-order valence-corrected chi connectivity index (χ4v) is 1.58. The Kier molecular flexibility index (Phi) is 5.51. The number of nitrogens with one attached hydrogen (secondary N) is 2.